The number of alkyl halides is 3. The molecule has 0 spiro atoms. The molecule has 1 rings (SSSR count). The fraction of sp³-hybridized carbons (Fsp3) is 0.600. The molecule has 1 N–H and O–H groups in total. The van der Waals surface area contributed by atoms with E-state index in [1.54, 1.807) is 6.07 Å². The second kappa shape index (κ2) is 8.15. The highest BCUT2D eigenvalue weighted by Gasteiger charge is 2.33. The van der Waals surface area contributed by atoms with Crippen molar-refractivity contribution in [2.45, 2.75) is 26.6 Å². The zero-order valence-corrected chi connectivity index (χ0v) is 14.2. The van der Waals surface area contributed by atoms with Crippen molar-refractivity contribution >= 4 is 15.9 Å². The molecule has 0 bridgehead atoms. The van der Waals surface area contributed by atoms with Gasteiger partial charge >= 0.3 is 6.18 Å². The van der Waals surface area contributed by atoms with Crippen molar-refractivity contribution in [2.24, 2.45) is 5.92 Å². The lowest BCUT2D eigenvalue weighted by atomic mass is 10.1. The third-order valence-electron chi connectivity index (χ3n) is 3.01. The van der Waals surface area contributed by atoms with Crippen LogP contribution in [0.5, 0.6) is 0 Å². The molecule has 0 amide bonds. The normalized spacial score (nSPS) is 12.4. The van der Waals surface area contributed by atoms with Crippen LogP contribution < -0.4 is 5.32 Å². The smallest absolute Gasteiger partial charge is 0.315 e. The van der Waals surface area contributed by atoms with Gasteiger partial charge in [0.2, 0.25) is 0 Å². The number of benzene rings is 1. The highest BCUT2D eigenvalue weighted by atomic mass is 79.9. The Kier molecular flexibility index (Phi) is 7.16. The maximum absolute atomic E-state index is 12.8. The van der Waals surface area contributed by atoms with E-state index in [0.29, 0.717) is 18.0 Å². The summed E-state index contributed by atoms with van der Waals surface area (Å²) in [6.07, 6.45) is -4.33. The number of hydrogen-bond donors (Lipinski definition) is 1. The molecule has 21 heavy (non-hydrogen) atoms. The first-order chi connectivity index (χ1) is 9.70. The van der Waals surface area contributed by atoms with E-state index in [4.69, 9.17) is 0 Å². The molecule has 0 aliphatic carbocycles. The first-order valence-electron chi connectivity index (χ1n) is 6.95. The van der Waals surface area contributed by atoms with Gasteiger partial charge in [-0.2, -0.15) is 13.2 Å². The summed E-state index contributed by atoms with van der Waals surface area (Å²) in [7, 11) is 1.91. The molecular weight excluding hydrogens is 345 g/mol. The van der Waals surface area contributed by atoms with E-state index in [9.17, 15) is 13.2 Å². The minimum absolute atomic E-state index is 0.0833. The van der Waals surface area contributed by atoms with Crippen molar-refractivity contribution in [1.29, 1.82) is 0 Å². The van der Waals surface area contributed by atoms with E-state index in [-0.39, 0.29) is 4.47 Å². The Bertz CT molecular complexity index is 447. The summed E-state index contributed by atoms with van der Waals surface area (Å²) < 4.78 is 38.6. The van der Waals surface area contributed by atoms with E-state index in [0.717, 1.165) is 19.6 Å². The largest absolute Gasteiger partial charge is 0.417 e. The molecule has 0 atom stereocenters. The van der Waals surface area contributed by atoms with Gasteiger partial charge in [-0.05, 0) is 37.2 Å². The molecule has 0 fully saturated rings. The Morgan fingerprint density at radius 2 is 1.95 bits per heavy atom. The molecule has 1 aromatic rings. The monoisotopic (exact) mass is 366 g/mol. The summed E-state index contributed by atoms with van der Waals surface area (Å²) in [5, 5.41) is 3.32. The molecule has 0 aliphatic heterocycles. The van der Waals surface area contributed by atoms with Gasteiger partial charge in [0.05, 0.1) is 5.56 Å². The van der Waals surface area contributed by atoms with E-state index in [2.05, 4.69) is 35.1 Å². The molecule has 6 heteroatoms. The number of nitrogens with zero attached hydrogens (tertiary/aromatic N) is 1. The summed E-state index contributed by atoms with van der Waals surface area (Å²) in [6.45, 7) is 7.35. The number of halogens is 4. The molecule has 0 aliphatic rings. The number of nitrogens with one attached hydrogen (secondary N) is 1. The summed E-state index contributed by atoms with van der Waals surface area (Å²) in [4.78, 5) is 2.01. The third-order valence-corrected chi connectivity index (χ3v) is 3.70. The third kappa shape index (κ3) is 6.80. The number of rotatable bonds is 7. The topological polar surface area (TPSA) is 15.3 Å². The molecule has 0 heterocycles. The average Bonchev–Trinajstić information content (AvgIpc) is 2.35. The zero-order valence-electron chi connectivity index (χ0n) is 12.6. The maximum atomic E-state index is 12.8. The van der Waals surface area contributed by atoms with E-state index in [1.807, 2.05) is 11.9 Å². The predicted molar refractivity (Wildman–Crippen MR) is 83.2 cm³/mol. The highest BCUT2D eigenvalue weighted by molar-refractivity contribution is 9.10. The lowest BCUT2D eigenvalue weighted by Crippen LogP contribution is -2.30. The fourth-order valence-electron chi connectivity index (χ4n) is 1.94. The Balaban J connectivity index is 2.55. The van der Waals surface area contributed by atoms with Crippen LogP contribution in [-0.4, -0.2) is 31.6 Å². The van der Waals surface area contributed by atoms with Gasteiger partial charge in [0, 0.05) is 24.1 Å². The van der Waals surface area contributed by atoms with Crippen molar-refractivity contribution in [3.63, 3.8) is 0 Å². The lowest BCUT2D eigenvalue weighted by molar-refractivity contribution is -0.138. The van der Waals surface area contributed by atoms with Gasteiger partial charge in [-0.25, -0.2) is 0 Å². The van der Waals surface area contributed by atoms with Crippen LogP contribution in [0, 0.1) is 5.92 Å². The van der Waals surface area contributed by atoms with E-state index >= 15 is 0 Å². The van der Waals surface area contributed by atoms with Crippen LogP contribution >= 0.6 is 15.9 Å². The van der Waals surface area contributed by atoms with Crippen molar-refractivity contribution < 1.29 is 13.2 Å². The van der Waals surface area contributed by atoms with E-state index in [1.165, 1.54) is 12.1 Å². The molecule has 0 saturated carbocycles. The predicted octanol–water partition coefficient (Wildman–Crippen LogP) is 4.15. The first-order valence-corrected chi connectivity index (χ1v) is 7.74. The molecule has 0 unspecified atom stereocenters. The molecule has 120 valence electrons. The lowest BCUT2D eigenvalue weighted by Gasteiger charge is -2.19. The minimum atomic E-state index is -4.33. The van der Waals surface area contributed by atoms with Gasteiger partial charge in [0.25, 0.3) is 0 Å². The van der Waals surface area contributed by atoms with E-state index < -0.39 is 11.7 Å². The van der Waals surface area contributed by atoms with Crippen molar-refractivity contribution in [2.75, 3.05) is 26.7 Å². The van der Waals surface area contributed by atoms with Crippen molar-refractivity contribution in [3.8, 4) is 0 Å². The summed E-state index contributed by atoms with van der Waals surface area (Å²) >= 11 is 2.95. The van der Waals surface area contributed by atoms with Crippen molar-refractivity contribution in [3.05, 3.63) is 33.8 Å². The second-order valence-electron chi connectivity index (χ2n) is 5.65. The van der Waals surface area contributed by atoms with Gasteiger partial charge in [-0.15, -0.1) is 0 Å². The van der Waals surface area contributed by atoms with Gasteiger partial charge in [0.1, 0.15) is 0 Å². The van der Waals surface area contributed by atoms with Crippen LogP contribution in [0.2, 0.25) is 0 Å². The number of likely N-dealkylation sites (N-methyl/N-ethyl adjacent to an activating group) is 1. The van der Waals surface area contributed by atoms with Crippen LogP contribution in [0.25, 0.3) is 0 Å². The fourth-order valence-corrected chi connectivity index (χ4v) is 2.41. The van der Waals surface area contributed by atoms with Gasteiger partial charge < -0.3 is 10.2 Å². The maximum Gasteiger partial charge on any atom is 0.417 e. The van der Waals surface area contributed by atoms with Gasteiger partial charge in [-0.3, -0.25) is 0 Å². The Hall–Kier alpha value is -0.590. The van der Waals surface area contributed by atoms with Crippen LogP contribution in [-0.2, 0) is 12.7 Å². The highest BCUT2D eigenvalue weighted by Crippen LogP contribution is 2.35. The van der Waals surface area contributed by atoms with Crippen LogP contribution in [0.3, 0.4) is 0 Å². The average molecular weight is 367 g/mol. The first kappa shape index (κ1) is 18.5. The van der Waals surface area contributed by atoms with Crippen molar-refractivity contribution in [1.82, 2.24) is 10.2 Å². The molecule has 0 aromatic heterocycles. The standard InChI is InChI=1S/C15H22BrF3N2/c1-11(2)9-20-6-7-21(3)10-12-4-5-14(16)13(8-12)15(17,18)19/h4-5,8,11,20H,6-7,9-10H2,1-3H3. The summed E-state index contributed by atoms with van der Waals surface area (Å²) in [5.74, 6) is 0.594. The molecule has 1 aromatic carbocycles. The second-order valence-corrected chi connectivity index (χ2v) is 6.50. The van der Waals surface area contributed by atoms with Gasteiger partial charge in [0.15, 0.2) is 0 Å². The minimum Gasteiger partial charge on any atom is -0.315 e. The number of hydrogen-bond acceptors (Lipinski definition) is 2. The van der Waals surface area contributed by atoms with Gasteiger partial charge in [-0.1, -0.05) is 35.8 Å². The Morgan fingerprint density at radius 1 is 1.29 bits per heavy atom. The quantitative estimate of drug-likeness (QED) is 0.729. The van der Waals surface area contributed by atoms with Crippen LogP contribution in [0.15, 0.2) is 22.7 Å². The Labute approximate surface area is 132 Å². The molecule has 2 nitrogen and oxygen atoms in total. The summed E-state index contributed by atoms with van der Waals surface area (Å²) in [5.41, 5.74) is 0.0446. The Morgan fingerprint density at radius 3 is 2.52 bits per heavy atom. The molecule has 0 radical (unpaired) electrons. The SMILES string of the molecule is CC(C)CNCCN(C)Cc1ccc(Br)c(C(F)(F)F)c1. The zero-order chi connectivity index (χ0) is 16.0. The molecule has 0 saturated heterocycles. The van der Waals surface area contributed by atoms with Crippen LogP contribution in [0.4, 0.5) is 13.2 Å². The van der Waals surface area contributed by atoms with Crippen LogP contribution in [0.1, 0.15) is 25.0 Å². The molecular formula is C15H22BrF3N2. The summed E-state index contributed by atoms with van der Waals surface area (Å²) in [6, 6.07) is 4.39.